The summed E-state index contributed by atoms with van der Waals surface area (Å²) in [6.07, 6.45) is 0.554. The number of ether oxygens (including phenoxy) is 1. The van der Waals surface area contributed by atoms with Gasteiger partial charge in [0.1, 0.15) is 6.04 Å². The Kier molecular flexibility index (Phi) is 8.83. The van der Waals surface area contributed by atoms with Crippen LogP contribution in [0, 0.1) is 5.92 Å². The summed E-state index contributed by atoms with van der Waals surface area (Å²) in [5, 5.41) is 11.5. The van der Waals surface area contributed by atoms with Crippen molar-refractivity contribution in [3.05, 3.63) is 0 Å². The van der Waals surface area contributed by atoms with Crippen molar-refractivity contribution in [2.75, 3.05) is 19.5 Å². The second kappa shape index (κ2) is 9.22. The van der Waals surface area contributed by atoms with Gasteiger partial charge in [0.05, 0.1) is 19.5 Å². The van der Waals surface area contributed by atoms with Crippen molar-refractivity contribution in [1.82, 2.24) is 5.32 Å². The van der Waals surface area contributed by atoms with Crippen molar-refractivity contribution in [3.8, 4) is 0 Å². The maximum absolute atomic E-state index is 11.7. The molecular formula is C12H23NO4S. The number of aliphatic hydroxyl groups is 1. The highest BCUT2D eigenvalue weighted by molar-refractivity contribution is 8.00. The van der Waals surface area contributed by atoms with Gasteiger partial charge in [-0.05, 0) is 12.3 Å². The van der Waals surface area contributed by atoms with Crippen LogP contribution in [0.5, 0.6) is 0 Å². The Morgan fingerprint density at radius 2 is 1.94 bits per heavy atom. The normalized spacial score (nSPS) is 14.1. The van der Waals surface area contributed by atoms with Crippen LogP contribution in [0.1, 0.15) is 27.2 Å². The summed E-state index contributed by atoms with van der Waals surface area (Å²) in [6.45, 7) is 5.82. The van der Waals surface area contributed by atoms with Crippen molar-refractivity contribution in [2.24, 2.45) is 5.92 Å². The zero-order valence-electron chi connectivity index (χ0n) is 11.4. The Morgan fingerprint density at radius 1 is 1.33 bits per heavy atom. The van der Waals surface area contributed by atoms with E-state index < -0.39 is 12.0 Å². The molecule has 2 N–H and O–H groups in total. The summed E-state index contributed by atoms with van der Waals surface area (Å²) >= 11 is 1.35. The van der Waals surface area contributed by atoms with Crippen LogP contribution >= 0.6 is 11.8 Å². The molecule has 0 spiro atoms. The highest BCUT2D eigenvalue weighted by Gasteiger charge is 2.22. The number of rotatable bonds is 8. The van der Waals surface area contributed by atoms with Gasteiger partial charge < -0.3 is 15.2 Å². The molecule has 0 aromatic rings. The molecule has 0 heterocycles. The molecule has 2 atom stereocenters. The molecule has 0 bridgehead atoms. The van der Waals surface area contributed by atoms with Gasteiger partial charge in [0.15, 0.2) is 0 Å². The van der Waals surface area contributed by atoms with E-state index in [2.05, 4.69) is 10.1 Å². The number of hydrogen-bond donors (Lipinski definition) is 2. The SMILES string of the molecule is COC(=O)C(CC(C)C)NC(=O)CSC(C)CO. The number of esters is 1. The summed E-state index contributed by atoms with van der Waals surface area (Å²) in [6, 6.07) is -0.590. The fraction of sp³-hybridized carbons (Fsp3) is 0.833. The zero-order valence-corrected chi connectivity index (χ0v) is 12.3. The molecule has 0 aromatic carbocycles. The van der Waals surface area contributed by atoms with E-state index in [1.165, 1.54) is 18.9 Å². The van der Waals surface area contributed by atoms with Crippen LogP contribution in [0.4, 0.5) is 0 Å². The lowest BCUT2D eigenvalue weighted by Gasteiger charge is -2.18. The fourth-order valence-electron chi connectivity index (χ4n) is 1.33. The average molecular weight is 277 g/mol. The van der Waals surface area contributed by atoms with Gasteiger partial charge in [0, 0.05) is 5.25 Å². The van der Waals surface area contributed by atoms with Gasteiger partial charge in [-0.3, -0.25) is 4.79 Å². The Morgan fingerprint density at radius 3 is 2.39 bits per heavy atom. The third-order valence-electron chi connectivity index (χ3n) is 2.28. The van der Waals surface area contributed by atoms with Gasteiger partial charge >= 0.3 is 5.97 Å². The molecule has 0 radical (unpaired) electrons. The van der Waals surface area contributed by atoms with E-state index in [9.17, 15) is 9.59 Å². The molecule has 0 saturated heterocycles. The van der Waals surface area contributed by atoms with E-state index in [1.807, 2.05) is 20.8 Å². The second-order valence-corrected chi connectivity index (χ2v) is 6.00. The van der Waals surface area contributed by atoms with Crippen LogP contribution in [0.25, 0.3) is 0 Å². The van der Waals surface area contributed by atoms with Gasteiger partial charge in [0.25, 0.3) is 0 Å². The summed E-state index contributed by atoms with van der Waals surface area (Å²) in [4.78, 5) is 23.1. The maximum Gasteiger partial charge on any atom is 0.328 e. The van der Waals surface area contributed by atoms with Gasteiger partial charge in [-0.15, -0.1) is 11.8 Å². The smallest absolute Gasteiger partial charge is 0.328 e. The Hall–Kier alpha value is -0.750. The van der Waals surface area contributed by atoms with Crippen LogP contribution in [0.15, 0.2) is 0 Å². The van der Waals surface area contributed by atoms with Crippen LogP contribution in [0.3, 0.4) is 0 Å². The molecule has 0 rings (SSSR count). The first kappa shape index (κ1) is 17.2. The third-order valence-corrected chi connectivity index (χ3v) is 3.43. The Bertz CT molecular complexity index is 271. The molecule has 0 fully saturated rings. The molecule has 1 amide bonds. The van der Waals surface area contributed by atoms with Crippen molar-refractivity contribution in [1.29, 1.82) is 0 Å². The molecule has 0 aliphatic heterocycles. The quantitative estimate of drug-likeness (QED) is 0.642. The molecule has 0 aromatic heterocycles. The topological polar surface area (TPSA) is 75.6 Å². The molecule has 106 valence electrons. The number of hydrogen-bond acceptors (Lipinski definition) is 5. The predicted molar refractivity (Wildman–Crippen MR) is 72.4 cm³/mol. The molecule has 0 aliphatic carbocycles. The highest BCUT2D eigenvalue weighted by atomic mass is 32.2. The Labute approximate surface area is 113 Å². The lowest BCUT2D eigenvalue weighted by atomic mass is 10.0. The van der Waals surface area contributed by atoms with Gasteiger partial charge in [-0.2, -0.15) is 0 Å². The maximum atomic E-state index is 11.7. The minimum absolute atomic E-state index is 0.0115. The molecule has 6 heteroatoms. The van der Waals surface area contributed by atoms with Crippen molar-refractivity contribution >= 4 is 23.6 Å². The number of thioether (sulfide) groups is 1. The number of methoxy groups -OCH3 is 1. The van der Waals surface area contributed by atoms with Crippen LogP contribution < -0.4 is 5.32 Å². The minimum Gasteiger partial charge on any atom is -0.467 e. The van der Waals surface area contributed by atoms with E-state index in [4.69, 9.17) is 5.11 Å². The van der Waals surface area contributed by atoms with E-state index in [1.54, 1.807) is 0 Å². The van der Waals surface area contributed by atoms with Crippen molar-refractivity contribution in [2.45, 2.75) is 38.5 Å². The third kappa shape index (κ3) is 7.55. The average Bonchev–Trinajstić information content (AvgIpc) is 2.33. The monoisotopic (exact) mass is 277 g/mol. The Balaban J connectivity index is 4.22. The predicted octanol–water partition coefficient (Wildman–Crippen LogP) is 0.804. The van der Waals surface area contributed by atoms with Gasteiger partial charge in [-0.25, -0.2) is 4.79 Å². The summed E-state index contributed by atoms with van der Waals surface area (Å²) in [7, 11) is 1.31. The first-order chi connectivity index (χ1) is 8.40. The van der Waals surface area contributed by atoms with E-state index in [0.29, 0.717) is 12.3 Å². The van der Waals surface area contributed by atoms with Gasteiger partial charge in [-0.1, -0.05) is 20.8 Å². The lowest BCUT2D eigenvalue weighted by Crippen LogP contribution is -2.43. The first-order valence-corrected chi connectivity index (χ1v) is 7.05. The van der Waals surface area contributed by atoms with Crippen molar-refractivity contribution in [3.63, 3.8) is 0 Å². The van der Waals surface area contributed by atoms with Crippen LogP contribution in [-0.4, -0.2) is 47.7 Å². The number of carbonyl (C=O) groups excluding carboxylic acids is 2. The lowest BCUT2D eigenvalue weighted by molar-refractivity contribution is -0.145. The van der Waals surface area contributed by atoms with Crippen LogP contribution in [-0.2, 0) is 14.3 Å². The van der Waals surface area contributed by atoms with E-state index in [-0.39, 0.29) is 23.5 Å². The summed E-state index contributed by atoms with van der Waals surface area (Å²) < 4.78 is 4.66. The van der Waals surface area contributed by atoms with E-state index >= 15 is 0 Å². The molecule has 2 unspecified atom stereocenters. The van der Waals surface area contributed by atoms with Gasteiger partial charge in [0.2, 0.25) is 5.91 Å². The standard InChI is InChI=1S/C12H23NO4S/c1-8(2)5-10(12(16)17-4)13-11(15)7-18-9(3)6-14/h8-10,14H,5-7H2,1-4H3,(H,13,15). The summed E-state index contributed by atoms with van der Waals surface area (Å²) in [5.74, 6) is -0.111. The number of carbonyl (C=O) groups is 2. The molecule has 18 heavy (non-hydrogen) atoms. The largest absolute Gasteiger partial charge is 0.467 e. The molecule has 0 saturated carbocycles. The number of amides is 1. The number of nitrogens with one attached hydrogen (secondary N) is 1. The van der Waals surface area contributed by atoms with Crippen LogP contribution in [0.2, 0.25) is 0 Å². The number of aliphatic hydroxyl groups excluding tert-OH is 1. The zero-order chi connectivity index (χ0) is 14.1. The second-order valence-electron chi connectivity index (χ2n) is 4.58. The minimum atomic E-state index is -0.590. The molecular weight excluding hydrogens is 254 g/mol. The molecule has 0 aliphatic rings. The fourth-order valence-corrected chi connectivity index (χ4v) is 1.96. The first-order valence-electron chi connectivity index (χ1n) is 6.00. The highest BCUT2D eigenvalue weighted by Crippen LogP contribution is 2.10. The molecule has 5 nitrogen and oxygen atoms in total. The van der Waals surface area contributed by atoms with Crippen molar-refractivity contribution < 1.29 is 19.4 Å². The summed E-state index contributed by atoms with van der Waals surface area (Å²) in [5.41, 5.74) is 0. The van der Waals surface area contributed by atoms with E-state index in [0.717, 1.165) is 0 Å².